The van der Waals surface area contributed by atoms with Crippen molar-refractivity contribution in [1.29, 1.82) is 0 Å². The first kappa shape index (κ1) is 17.8. The zero-order chi connectivity index (χ0) is 16.5. The van der Waals surface area contributed by atoms with E-state index in [-0.39, 0.29) is 18.2 Å². The molecular formula is C18H23NO3. The van der Waals surface area contributed by atoms with Crippen LogP contribution < -0.4 is 5.32 Å². The summed E-state index contributed by atoms with van der Waals surface area (Å²) in [5, 5.41) is 11.7. The van der Waals surface area contributed by atoms with E-state index in [1.165, 1.54) is 0 Å². The maximum absolute atomic E-state index is 12.4. The highest BCUT2D eigenvalue weighted by Crippen LogP contribution is 2.18. The standard InChI is InChI=1S/C18H23NO3/c1-4-8-16(18(21)22)19-17(20)15(11-13(2)3)12-14-9-6-5-7-10-14/h1,5-7,9-10,13,15-16H,8,11-12H2,2-3H3,(H,19,20)(H,21,22). The van der Waals surface area contributed by atoms with E-state index in [1.807, 2.05) is 44.2 Å². The van der Waals surface area contributed by atoms with E-state index in [0.717, 1.165) is 5.56 Å². The van der Waals surface area contributed by atoms with Gasteiger partial charge in [0.05, 0.1) is 0 Å². The molecule has 0 fully saturated rings. The average Bonchev–Trinajstić information content (AvgIpc) is 2.46. The van der Waals surface area contributed by atoms with Crippen LogP contribution in [0, 0.1) is 24.2 Å². The third-order valence-electron chi connectivity index (χ3n) is 3.39. The summed E-state index contributed by atoms with van der Waals surface area (Å²) in [5.41, 5.74) is 1.06. The second-order valence-electron chi connectivity index (χ2n) is 5.82. The minimum absolute atomic E-state index is 0.0131. The molecule has 0 bridgehead atoms. The maximum atomic E-state index is 12.4. The van der Waals surface area contributed by atoms with Gasteiger partial charge in [-0.1, -0.05) is 44.2 Å². The highest BCUT2D eigenvalue weighted by Gasteiger charge is 2.25. The second-order valence-corrected chi connectivity index (χ2v) is 5.82. The second kappa shape index (κ2) is 8.89. The summed E-state index contributed by atoms with van der Waals surface area (Å²) in [4.78, 5) is 23.5. The summed E-state index contributed by atoms with van der Waals surface area (Å²) in [6.45, 7) is 4.09. The van der Waals surface area contributed by atoms with Crippen molar-refractivity contribution in [2.24, 2.45) is 11.8 Å². The molecule has 0 heterocycles. The lowest BCUT2D eigenvalue weighted by Crippen LogP contribution is -2.44. The van der Waals surface area contributed by atoms with Crippen molar-refractivity contribution in [2.45, 2.75) is 39.2 Å². The molecule has 4 nitrogen and oxygen atoms in total. The number of terminal acetylenes is 1. The fraction of sp³-hybridized carbons (Fsp3) is 0.444. The smallest absolute Gasteiger partial charge is 0.327 e. The van der Waals surface area contributed by atoms with Crippen LogP contribution in [0.5, 0.6) is 0 Å². The largest absolute Gasteiger partial charge is 0.480 e. The van der Waals surface area contributed by atoms with E-state index in [0.29, 0.717) is 18.8 Å². The van der Waals surface area contributed by atoms with E-state index in [2.05, 4.69) is 11.2 Å². The molecule has 0 spiro atoms. The van der Waals surface area contributed by atoms with Gasteiger partial charge in [0.15, 0.2) is 0 Å². The van der Waals surface area contributed by atoms with Crippen molar-refractivity contribution < 1.29 is 14.7 Å². The van der Waals surface area contributed by atoms with Crippen LogP contribution in [0.2, 0.25) is 0 Å². The molecule has 22 heavy (non-hydrogen) atoms. The third-order valence-corrected chi connectivity index (χ3v) is 3.39. The van der Waals surface area contributed by atoms with Gasteiger partial charge in [-0.3, -0.25) is 4.79 Å². The van der Waals surface area contributed by atoms with Crippen molar-refractivity contribution in [3.63, 3.8) is 0 Å². The molecule has 0 aromatic heterocycles. The van der Waals surface area contributed by atoms with Crippen LogP contribution in [-0.4, -0.2) is 23.0 Å². The number of amides is 1. The van der Waals surface area contributed by atoms with Crippen molar-refractivity contribution in [2.75, 3.05) is 0 Å². The van der Waals surface area contributed by atoms with Gasteiger partial charge >= 0.3 is 5.97 Å². The van der Waals surface area contributed by atoms with E-state index < -0.39 is 12.0 Å². The van der Waals surface area contributed by atoms with Gasteiger partial charge in [-0.2, -0.15) is 0 Å². The lowest BCUT2D eigenvalue weighted by atomic mass is 9.90. The van der Waals surface area contributed by atoms with Crippen LogP contribution in [0.15, 0.2) is 30.3 Å². The minimum Gasteiger partial charge on any atom is -0.480 e. The molecule has 0 aliphatic rings. The Balaban J connectivity index is 2.80. The summed E-state index contributed by atoms with van der Waals surface area (Å²) in [6, 6.07) is 8.70. The molecule has 2 unspecified atom stereocenters. The number of nitrogens with one attached hydrogen (secondary N) is 1. The molecule has 0 saturated carbocycles. The number of carbonyl (C=O) groups is 2. The van der Waals surface area contributed by atoms with E-state index in [1.54, 1.807) is 0 Å². The normalized spacial score (nSPS) is 13.2. The van der Waals surface area contributed by atoms with E-state index in [9.17, 15) is 9.59 Å². The number of rotatable bonds is 8. The first-order valence-corrected chi connectivity index (χ1v) is 7.44. The third kappa shape index (κ3) is 6.01. The number of carbonyl (C=O) groups excluding carboxylic acids is 1. The molecule has 1 aromatic rings. The summed E-state index contributed by atoms with van der Waals surface area (Å²) >= 11 is 0. The topological polar surface area (TPSA) is 66.4 Å². The van der Waals surface area contributed by atoms with Gasteiger partial charge in [0.2, 0.25) is 5.91 Å². The SMILES string of the molecule is C#CCC(NC(=O)C(Cc1ccccc1)CC(C)C)C(=O)O. The van der Waals surface area contributed by atoms with Crippen LogP contribution in [0.1, 0.15) is 32.3 Å². The van der Waals surface area contributed by atoms with Crippen molar-refractivity contribution >= 4 is 11.9 Å². The number of benzene rings is 1. The lowest BCUT2D eigenvalue weighted by Gasteiger charge is -2.21. The molecule has 1 rings (SSSR count). The van der Waals surface area contributed by atoms with Crippen LogP contribution in [-0.2, 0) is 16.0 Å². The fourth-order valence-electron chi connectivity index (χ4n) is 2.36. The highest BCUT2D eigenvalue weighted by molar-refractivity contribution is 5.85. The minimum atomic E-state index is -1.10. The Morgan fingerprint density at radius 3 is 2.41 bits per heavy atom. The van der Waals surface area contributed by atoms with Gasteiger partial charge in [0.25, 0.3) is 0 Å². The monoisotopic (exact) mass is 301 g/mol. The molecule has 0 aliphatic carbocycles. The average molecular weight is 301 g/mol. The van der Waals surface area contributed by atoms with Crippen LogP contribution >= 0.6 is 0 Å². The molecule has 1 amide bonds. The Morgan fingerprint density at radius 1 is 1.27 bits per heavy atom. The van der Waals surface area contributed by atoms with E-state index >= 15 is 0 Å². The summed E-state index contributed by atoms with van der Waals surface area (Å²) < 4.78 is 0. The molecule has 2 atom stereocenters. The lowest BCUT2D eigenvalue weighted by molar-refractivity contribution is -0.142. The van der Waals surface area contributed by atoms with Crippen molar-refractivity contribution in [3.8, 4) is 12.3 Å². The van der Waals surface area contributed by atoms with Crippen LogP contribution in [0.4, 0.5) is 0 Å². The molecular weight excluding hydrogens is 278 g/mol. The maximum Gasteiger partial charge on any atom is 0.327 e. The fourth-order valence-corrected chi connectivity index (χ4v) is 2.36. The van der Waals surface area contributed by atoms with Gasteiger partial charge in [0, 0.05) is 12.3 Å². The number of carboxylic acids is 1. The first-order valence-electron chi connectivity index (χ1n) is 7.44. The zero-order valence-corrected chi connectivity index (χ0v) is 13.1. The summed E-state index contributed by atoms with van der Waals surface area (Å²) in [6.07, 6.45) is 6.43. The van der Waals surface area contributed by atoms with Crippen LogP contribution in [0.25, 0.3) is 0 Å². The van der Waals surface area contributed by atoms with E-state index in [4.69, 9.17) is 11.5 Å². The Bertz CT molecular complexity index is 531. The quantitative estimate of drug-likeness (QED) is 0.725. The Morgan fingerprint density at radius 2 is 1.91 bits per heavy atom. The molecule has 0 radical (unpaired) electrons. The summed E-state index contributed by atoms with van der Waals surface area (Å²) in [7, 11) is 0. The number of aliphatic carboxylic acids is 1. The van der Waals surface area contributed by atoms with Gasteiger partial charge in [-0.05, 0) is 24.3 Å². The number of carboxylic acid groups (broad SMARTS) is 1. The molecule has 2 N–H and O–H groups in total. The van der Waals surface area contributed by atoms with Gasteiger partial charge in [-0.15, -0.1) is 12.3 Å². The predicted molar refractivity (Wildman–Crippen MR) is 86.1 cm³/mol. The Hall–Kier alpha value is -2.28. The first-order chi connectivity index (χ1) is 10.4. The van der Waals surface area contributed by atoms with Gasteiger partial charge in [-0.25, -0.2) is 4.79 Å². The molecule has 4 heteroatoms. The van der Waals surface area contributed by atoms with Crippen molar-refractivity contribution in [3.05, 3.63) is 35.9 Å². The number of hydrogen-bond acceptors (Lipinski definition) is 2. The number of hydrogen-bond donors (Lipinski definition) is 2. The van der Waals surface area contributed by atoms with Crippen molar-refractivity contribution in [1.82, 2.24) is 5.32 Å². The Labute approximate surface area is 131 Å². The van der Waals surface area contributed by atoms with Gasteiger partial charge in [0.1, 0.15) is 6.04 Å². The molecule has 118 valence electrons. The highest BCUT2D eigenvalue weighted by atomic mass is 16.4. The molecule has 0 saturated heterocycles. The molecule has 1 aromatic carbocycles. The van der Waals surface area contributed by atoms with Gasteiger partial charge < -0.3 is 10.4 Å². The predicted octanol–water partition coefficient (Wildman–Crippen LogP) is 2.48. The summed E-state index contributed by atoms with van der Waals surface area (Å²) in [5.74, 6) is 1.02. The zero-order valence-electron chi connectivity index (χ0n) is 13.1. The van der Waals surface area contributed by atoms with Crippen LogP contribution in [0.3, 0.4) is 0 Å². The Kier molecular flexibility index (Phi) is 7.18. The molecule has 0 aliphatic heterocycles.